The second-order valence-electron chi connectivity index (χ2n) is 5.88. The molecule has 1 atom stereocenters. The zero-order chi connectivity index (χ0) is 16.7. The number of hydrogen-bond donors (Lipinski definition) is 3. The molecule has 0 spiro atoms. The number of carbonyl (C=O) groups is 2. The number of nitrogens with zero attached hydrogens (tertiary/aromatic N) is 1. The molecule has 1 fully saturated rings. The molecular formula is C17H26N4O2. The van der Waals surface area contributed by atoms with Crippen molar-refractivity contribution in [2.24, 2.45) is 0 Å². The van der Waals surface area contributed by atoms with E-state index in [0.717, 1.165) is 24.5 Å². The smallest absolute Gasteiger partial charge is 0.246 e. The molecule has 6 nitrogen and oxygen atoms in total. The van der Waals surface area contributed by atoms with Gasteiger partial charge in [0.25, 0.3) is 0 Å². The third-order valence-corrected chi connectivity index (χ3v) is 3.96. The standard InChI is InChI=1S/C17H26N4O2/c1-13(19-16(22)8-9-18-2)17(23)20-14-6-5-7-15(12-14)21-10-3-4-11-21/h5-7,12-13,18H,3-4,8-11H2,1-2H3,(H,19,22)(H,20,23). The van der Waals surface area contributed by atoms with Gasteiger partial charge in [-0.3, -0.25) is 9.59 Å². The summed E-state index contributed by atoms with van der Waals surface area (Å²) in [4.78, 5) is 26.2. The van der Waals surface area contributed by atoms with Crippen LogP contribution < -0.4 is 20.9 Å². The van der Waals surface area contributed by atoms with Gasteiger partial charge in [-0.2, -0.15) is 0 Å². The Morgan fingerprint density at radius 3 is 2.70 bits per heavy atom. The average molecular weight is 318 g/mol. The molecule has 0 saturated carbocycles. The quantitative estimate of drug-likeness (QED) is 0.709. The molecule has 2 rings (SSSR count). The number of anilines is 2. The first kappa shape index (κ1) is 17.3. The van der Waals surface area contributed by atoms with Crippen LogP contribution >= 0.6 is 0 Å². The summed E-state index contributed by atoms with van der Waals surface area (Å²) < 4.78 is 0. The third-order valence-electron chi connectivity index (χ3n) is 3.96. The monoisotopic (exact) mass is 318 g/mol. The first-order valence-corrected chi connectivity index (χ1v) is 8.20. The molecule has 0 aliphatic carbocycles. The minimum absolute atomic E-state index is 0.132. The summed E-state index contributed by atoms with van der Waals surface area (Å²) in [6.07, 6.45) is 2.79. The molecule has 0 aromatic heterocycles. The molecule has 1 heterocycles. The fraction of sp³-hybridized carbons (Fsp3) is 0.529. The molecule has 1 saturated heterocycles. The second-order valence-corrected chi connectivity index (χ2v) is 5.88. The number of hydrogen-bond acceptors (Lipinski definition) is 4. The van der Waals surface area contributed by atoms with E-state index in [9.17, 15) is 9.59 Å². The van der Waals surface area contributed by atoms with E-state index in [4.69, 9.17) is 0 Å². The van der Waals surface area contributed by atoms with E-state index in [1.54, 1.807) is 14.0 Å². The lowest BCUT2D eigenvalue weighted by molar-refractivity contribution is -0.126. The van der Waals surface area contributed by atoms with Crippen molar-refractivity contribution in [3.05, 3.63) is 24.3 Å². The molecule has 0 radical (unpaired) electrons. The van der Waals surface area contributed by atoms with Gasteiger partial charge in [-0.15, -0.1) is 0 Å². The third kappa shape index (κ3) is 5.25. The van der Waals surface area contributed by atoms with Crippen LogP contribution in [0.3, 0.4) is 0 Å². The SMILES string of the molecule is CNCCC(=O)NC(C)C(=O)Nc1cccc(N2CCCC2)c1. The second kappa shape index (κ2) is 8.53. The summed E-state index contributed by atoms with van der Waals surface area (Å²) in [6.45, 7) is 4.42. The van der Waals surface area contributed by atoms with Crippen LogP contribution in [-0.2, 0) is 9.59 Å². The van der Waals surface area contributed by atoms with Gasteiger partial charge in [-0.1, -0.05) is 6.07 Å². The van der Waals surface area contributed by atoms with Gasteiger partial charge in [-0.25, -0.2) is 0 Å². The fourth-order valence-electron chi connectivity index (χ4n) is 2.62. The van der Waals surface area contributed by atoms with E-state index in [1.165, 1.54) is 12.8 Å². The Kier molecular flexibility index (Phi) is 6.40. The summed E-state index contributed by atoms with van der Waals surface area (Å²) in [7, 11) is 1.79. The van der Waals surface area contributed by atoms with Gasteiger partial charge in [0, 0.05) is 37.4 Å². The Hall–Kier alpha value is -2.08. The zero-order valence-corrected chi connectivity index (χ0v) is 13.9. The van der Waals surface area contributed by atoms with Crippen molar-refractivity contribution in [2.75, 3.05) is 36.9 Å². The number of nitrogens with one attached hydrogen (secondary N) is 3. The van der Waals surface area contributed by atoms with Gasteiger partial charge in [0.05, 0.1) is 0 Å². The minimum Gasteiger partial charge on any atom is -0.371 e. The summed E-state index contributed by atoms with van der Waals surface area (Å²) >= 11 is 0. The van der Waals surface area contributed by atoms with Crippen molar-refractivity contribution in [3.8, 4) is 0 Å². The Morgan fingerprint density at radius 1 is 1.26 bits per heavy atom. The largest absolute Gasteiger partial charge is 0.371 e. The van der Waals surface area contributed by atoms with E-state index < -0.39 is 6.04 Å². The summed E-state index contributed by atoms with van der Waals surface area (Å²) in [6, 6.07) is 7.30. The van der Waals surface area contributed by atoms with Gasteiger partial charge in [0.1, 0.15) is 6.04 Å². The normalized spacial score (nSPS) is 15.3. The van der Waals surface area contributed by atoms with Crippen LogP contribution in [0.15, 0.2) is 24.3 Å². The first-order chi connectivity index (χ1) is 11.1. The van der Waals surface area contributed by atoms with Gasteiger partial charge in [0.2, 0.25) is 11.8 Å². The van der Waals surface area contributed by atoms with Crippen molar-refractivity contribution in [3.63, 3.8) is 0 Å². The Morgan fingerprint density at radius 2 is 2.00 bits per heavy atom. The van der Waals surface area contributed by atoms with Gasteiger partial charge in [0.15, 0.2) is 0 Å². The Labute approximate surface area is 137 Å². The predicted octanol–water partition coefficient (Wildman–Crippen LogP) is 1.34. The van der Waals surface area contributed by atoms with E-state index in [1.807, 2.05) is 18.2 Å². The highest BCUT2D eigenvalue weighted by molar-refractivity contribution is 5.97. The highest BCUT2D eigenvalue weighted by atomic mass is 16.2. The van der Waals surface area contributed by atoms with Crippen LogP contribution in [0.5, 0.6) is 0 Å². The number of rotatable bonds is 7. The van der Waals surface area contributed by atoms with Crippen LogP contribution in [0.1, 0.15) is 26.2 Å². The predicted molar refractivity (Wildman–Crippen MR) is 92.7 cm³/mol. The lowest BCUT2D eigenvalue weighted by Crippen LogP contribution is -2.42. The minimum atomic E-state index is -0.560. The lowest BCUT2D eigenvalue weighted by Gasteiger charge is -2.19. The van der Waals surface area contributed by atoms with E-state index in [0.29, 0.717) is 13.0 Å². The average Bonchev–Trinajstić information content (AvgIpc) is 3.07. The van der Waals surface area contributed by atoms with Gasteiger partial charge < -0.3 is 20.9 Å². The van der Waals surface area contributed by atoms with Crippen molar-refractivity contribution in [2.45, 2.75) is 32.2 Å². The maximum absolute atomic E-state index is 12.2. The maximum Gasteiger partial charge on any atom is 0.246 e. The van der Waals surface area contributed by atoms with E-state index in [2.05, 4.69) is 26.9 Å². The molecular weight excluding hydrogens is 292 g/mol. The highest BCUT2D eigenvalue weighted by Gasteiger charge is 2.16. The molecule has 2 amide bonds. The van der Waals surface area contributed by atoms with E-state index in [-0.39, 0.29) is 11.8 Å². The molecule has 3 N–H and O–H groups in total. The molecule has 1 aromatic rings. The molecule has 1 unspecified atom stereocenters. The molecule has 1 aliphatic rings. The Balaban J connectivity index is 1.89. The topological polar surface area (TPSA) is 73.5 Å². The van der Waals surface area contributed by atoms with Crippen LogP contribution in [-0.4, -0.2) is 44.5 Å². The zero-order valence-electron chi connectivity index (χ0n) is 13.9. The van der Waals surface area contributed by atoms with Gasteiger partial charge >= 0.3 is 0 Å². The van der Waals surface area contributed by atoms with E-state index >= 15 is 0 Å². The number of amides is 2. The van der Waals surface area contributed by atoms with Crippen molar-refractivity contribution < 1.29 is 9.59 Å². The maximum atomic E-state index is 12.2. The van der Waals surface area contributed by atoms with Crippen LogP contribution in [0.2, 0.25) is 0 Å². The van der Waals surface area contributed by atoms with Crippen molar-refractivity contribution in [1.29, 1.82) is 0 Å². The fourth-order valence-corrected chi connectivity index (χ4v) is 2.62. The highest BCUT2D eigenvalue weighted by Crippen LogP contribution is 2.23. The molecule has 0 bridgehead atoms. The number of carbonyl (C=O) groups excluding carboxylic acids is 2. The molecule has 126 valence electrons. The molecule has 23 heavy (non-hydrogen) atoms. The van der Waals surface area contributed by atoms with Crippen molar-refractivity contribution >= 4 is 23.2 Å². The molecule has 6 heteroatoms. The summed E-state index contributed by atoms with van der Waals surface area (Å²) in [5.74, 6) is -0.339. The lowest BCUT2D eigenvalue weighted by atomic mass is 10.2. The van der Waals surface area contributed by atoms with Crippen LogP contribution in [0, 0.1) is 0 Å². The van der Waals surface area contributed by atoms with Crippen LogP contribution in [0.25, 0.3) is 0 Å². The Bertz CT molecular complexity index is 541. The number of benzene rings is 1. The molecule has 1 aromatic carbocycles. The van der Waals surface area contributed by atoms with Crippen LogP contribution in [0.4, 0.5) is 11.4 Å². The summed E-state index contributed by atoms with van der Waals surface area (Å²) in [5, 5.41) is 8.48. The van der Waals surface area contributed by atoms with Gasteiger partial charge in [-0.05, 0) is 45.0 Å². The molecule has 1 aliphatic heterocycles. The first-order valence-electron chi connectivity index (χ1n) is 8.20. The van der Waals surface area contributed by atoms with Crippen molar-refractivity contribution in [1.82, 2.24) is 10.6 Å². The summed E-state index contributed by atoms with van der Waals surface area (Å²) in [5.41, 5.74) is 1.89.